The lowest BCUT2D eigenvalue weighted by Crippen LogP contribution is -2.26. The molecule has 1 aromatic heterocycles. The lowest BCUT2D eigenvalue weighted by Gasteiger charge is -2.20. The molecule has 30 heavy (non-hydrogen) atoms. The van der Waals surface area contributed by atoms with Gasteiger partial charge in [-0.15, -0.1) is 0 Å². The Morgan fingerprint density at radius 2 is 1.70 bits per heavy atom. The van der Waals surface area contributed by atoms with Gasteiger partial charge in [-0.05, 0) is 30.6 Å². The first-order chi connectivity index (χ1) is 14.7. The van der Waals surface area contributed by atoms with E-state index in [1.165, 1.54) is 11.1 Å². The number of hydrogen-bond acceptors (Lipinski definition) is 5. The van der Waals surface area contributed by atoms with Crippen LogP contribution >= 0.6 is 0 Å². The van der Waals surface area contributed by atoms with Gasteiger partial charge in [0.25, 0.3) is 0 Å². The molecule has 0 bridgehead atoms. The number of rotatable bonds is 11. The van der Waals surface area contributed by atoms with Gasteiger partial charge in [0.15, 0.2) is 0 Å². The Kier molecular flexibility index (Phi) is 8.15. The number of carbonyl (C=O) groups is 1. The van der Waals surface area contributed by atoms with Crippen LogP contribution in [0.3, 0.4) is 0 Å². The molecular weight excluding hydrogens is 376 g/mol. The Labute approximate surface area is 178 Å². The van der Waals surface area contributed by atoms with Crippen molar-refractivity contribution in [1.82, 2.24) is 20.4 Å². The zero-order valence-electron chi connectivity index (χ0n) is 17.8. The molecule has 1 heterocycles. The summed E-state index contributed by atoms with van der Waals surface area (Å²) in [7, 11) is 0. The van der Waals surface area contributed by atoms with Crippen molar-refractivity contribution in [3.63, 3.8) is 0 Å². The van der Waals surface area contributed by atoms with Gasteiger partial charge in [0.2, 0.25) is 17.6 Å². The van der Waals surface area contributed by atoms with E-state index in [4.69, 9.17) is 4.52 Å². The first kappa shape index (κ1) is 21.7. The second kappa shape index (κ2) is 11.3. The zero-order chi connectivity index (χ0) is 21.2. The van der Waals surface area contributed by atoms with Gasteiger partial charge in [0.05, 0.1) is 0 Å². The van der Waals surface area contributed by atoms with Crippen LogP contribution in [0.2, 0.25) is 0 Å². The first-order valence-corrected chi connectivity index (χ1v) is 10.6. The molecule has 0 fully saturated rings. The summed E-state index contributed by atoms with van der Waals surface area (Å²) in [4.78, 5) is 19.1. The Hall–Kier alpha value is -2.99. The number of nitrogens with one attached hydrogen (secondary N) is 1. The molecule has 6 heteroatoms. The van der Waals surface area contributed by atoms with Crippen LogP contribution in [-0.4, -0.2) is 34.0 Å². The number of nitrogens with zero attached hydrogens (tertiary/aromatic N) is 3. The molecule has 0 radical (unpaired) electrons. The highest BCUT2D eigenvalue weighted by atomic mass is 16.5. The molecule has 0 saturated heterocycles. The molecule has 6 nitrogen and oxygen atoms in total. The molecule has 158 valence electrons. The van der Waals surface area contributed by atoms with E-state index < -0.39 is 0 Å². The quantitative estimate of drug-likeness (QED) is 0.516. The molecule has 3 rings (SSSR count). The third kappa shape index (κ3) is 6.26. The van der Waals surface area contributed by atoms with Crippen LogP contribution in [0.4, 0.5) is 0 Å². The van der Waals surface area contributed by atoms with E-state index in [0.29, 0.717) is 37.5 Å². The minimum Gasteiger partial charge on any atom is -0.352 e. The van der Waals surface area contributed by atoms with E-state index in [1.807, 2.05) is 36.4 Å². The lowest BCUT2D eigenvalue weighted by atomic mass is 10.1. The van der Waals surface area contributed by atoms with Gasteiger partial charge >= 0.3 is 0 Å². The van der Waals surface area contributed by atoms with Crippen LogP contribution in [0, 0.1) is 0 Å². The highest BCUT2D eigenvalue weighted by molar-refractivity contribution is 5.75. The number of carbonyl (C=O) groups excluding carboxylic acids is 1. The highest BCUT2D eigenvalue weighted by Crippen LogP contribution is 2.16. The number of aromatic nitrogens is 2. The molecule has 0 unspecified atom stereocenters. The minimum absolute atomic E-state index is 0.0374. The SMILES string of the molecule is CCN(CC)Cc1ccccc1CNC(=O)CCCc1nc(-c2ccccc2)no1. The van der Waals surface area contributed by atoms with Crippen LogP contribution < -0.4 is 5.32 Å². The second-order valence-electron chi connectivity index (χ2n) is 7.24. The van der Waals surface area contributed by atoms with Gasteiger partial charge < -0.3 is 9.84 Å². The summed E-state index contributed by atoms with van der Waals surface area (Å²) >= 11 is 0. The van der Waals surface area contributed by atoms with Crippen LogP contribution in [0.5, 0.6) is 0 Å². The van der Waals surface area contributed by atoms with Gasteiger partial charge in [-0.25, -0.2) is 0 Å². The van der Waals surface area contributed by atoms with E-state index in [9.17, 15) is 4.79 Å². The average molecular weight is 407 g/mol. The predicted molar refractivity (Wildman–Crippen MR) is 118 cm³/mol. The number of aryl methyl sites for hydroxylation is 1. The van der Waals surface area contributed by atoms with Gasteiger partial charge in [-0.1, -0.05) is 73.6 Å². The maximum atomic E-state index is 12.3. The van der Waals surface area contributed by atoms with Crippen molar-refractivity contribution in [1.29, 1.82) is 0 Å². The summed E-state index contributed by atoms with van der Waals surface area (Å²) in [5.41, 5.74) is 3.36. The molecule has 0 aliphatic heterocycles. The fraction of sp³-hybridized carbons (Fsp3) is 0.375. The van der Waals surface area contributed by atoms with Gasteiger partial charge in [0.1, 0.15) is 0 Å². The molecule has 0 aliphatic carbocycles. The average Bonchev–Trinajstić information content (AvgIpc) is 3.26. The van der Waals surface area contributed by atoms with Crippen LogP contribution in [-0.2, 0) is 24.3 Å². The molecule has 1 amide bonds. The standard InChI is InChI=1S/C24H30N4O2/c1-3-28(4-2)18-21-14-9-8-13-20(21)17-25-22(29)15-10-16-23-26-24(27-30-23)19-11-6-5-7-12-19/h5-9,11-14H,3-4,10,15-18H2,1-2H3,(H,25,29). The largest absolute Gasteiger partial charge is 0.352 e. The molecule has 3 aromatic rings. The predicted octanol–water partition coefficient (Wildman–Crippen LogP) is 4.22. The number of benzene rings is 2. The van der Waals surface area contributed by atoms with Crippen molar-refractivity contribution in [2.75, 3.05) is 13.1 Å². The van der Waals surface area contributed by atoms with Gasteiger partial charge in [0, 0.05) is 31.5 Å². The fourth-order valence-corrected chi connectivity index (χ4v) is 3.32. The third-order valence-corrected chi connectivity index (χ3v) is 5.18. The van der Waals surface area contributed by atoms with E-state index in [2.05, 4.69) is 52.4 Å². The van der Waals surface area contributed by atoms with Crippen molar-refractivity contribution < 1.29 is 9.32 Å². The van der Waals surface area contributed by atoms with Crippen molar-refractivity contribution in [2.24, 2.45) is 0 Å². The Morgan fingerprint density at radius 3 is 2.43 bits per heavy atom. The summed E-state index contributed by atoms with van der Waals surface area (Å²) in [5.74, 6) is 1.18. The lowest BCUT2D eigenvalue weighted by molar-refractivity contribution is -0.121. The fourth-order valence-electron chi connectivity index (χ4n) is 3.32. The van der Waals surface area contributed by atoms with E-state index in [0.717, 1.165) is 25.2 Å². The van der Waals surface area contributed by atoms with Crippen LogP contribution in [0.15, 0.2) is 59.1 Å². The summed E-state index contributed by atoms with van der Waals surface area (Å²) in [6.45, 7) is 7.81. The van der Waals surface area contributed by atoms with E-state index in [-0.39, 0.29) is 5.91 Å². The van der Waals surface area contributed by atoms with Gasteiger partial charge in [-0.3, -0.25) is 9.69 Å². The molecule has 0 spiro atoms. The first-order valence-electron chi connectivity index (χ1n) is 10.6. The minimum atomic E-state index is 0.0374. The molecule has 0 atom stereocenters. The highest BCUT2D eigenvalue weighted by Gasteiger charge is 2.10. The maximum Gasteiger partial charge on any atom is 0.226 e. The van der Waals surface area contributed by atoms with Crippen LogP contribution in [0.25, 0.3) is 11.4 Å². The van der Waals surface area contributed by atoms with Crippen molar-refractivity contribution in [2.45, 2.75) is 46.2 Å². The number of hydrogen-bond donors (Lipinski definition) is 1. The summed E-state index contributed by atoms with van der Waals surface area (Å²) in [6, 6.07) is 18.0. The van der Waals surface area contributed by atoms with Crippen molar-refractivity contribution in [3.05, 3.63) is 71.6 Å². The Morgan fingerprint density at radius 1 is 1.00 bits per heavy atom. The van der Waals surface area contributed by atoms with Crippen molar-refractivity contribution >= 4 is 5.91 Å². The van der Waals surface area contributed by atoms with E-state index in [1.54, 1.807) is 0 Å². The third-order valence-electron chi connectivity index (χ3n) is 5.18. The number of amides is 1. The normalized spacial score (nSPS) is 11.0. The van der Waals surface area contributed by atoms with Crippen LogP contribution in [0.1, 0.15) is 43.7 Å². The monoisotopic (exact) mass is 406 g/mol. The van der Waals surface area contributed by atoms with Crippen molar-refractivity contribution in [3.8, 4) is 11.4 Å². The van der Waals surface area contributed by atoms with E-state index >= 15 is 0 Å². The molecule has 1 N–H and O–H groups in total. The summed E-state index contributed by atoms with van der Waals surface area (Å²) in [5, 5.41) is 7.06. The topological polar surface area (TPSA) is 71.3 Å². The zero-order valence-corrected chi connectivity index (χ0v) is 17.8. The molecule has 0 saturated carbocycles. The Bertz CT molecular complexity index is 920. The second-order valence-corrected chi connectivity index (χ2v) is 7.24. The van der Waals surface area contributed by atoms with Gasteiger partial charge in [-0.2, -0.15) is 4.98 Å². The summed E-state index contributed by atoms with van der Waals surface area (Å²) in [6.07, 6.45) is 1.69. The summed E-state index contributed by atoms with van der Waals surface area (Å²) < 4.78 is 5.31. The Balaban J connectivity index is 1.44. The smallest absolute Gasteiger partial charge is 0.226 e. The molecule has 2 aromatic carbocycles. The molecule has 0 aliphatic rings. The molecular formula is C24H30N4O2. The maximum absolute atomic E-state index is 12.3.